The number of pyridine rings is 1. The van der Waals surface area contributed by atoms with E-state index in [2.05, 4.69) is 4.98 Å². The van der Waals surface area contributed by atoms with Crippen LogP contribution in [0.3, 0.4) is 0 Å². The highest BCUT2D eigenvalue weighted by atomic mass is 32.2. The number of rotatable bonds is 5. The number of fused-ring (bicyclic) bond motifs is 1. The Morgan fingerprint density at radius 1 is 1.31 bits per heavy atom. The molecular weight excluding hydrogens is 350 g/mol. The first kappa shape index (κ1) is 18.5. The van der Waals surface area contributed by atoms with Crippen molar-refractivity contribution < 1.29 is 13.2 Å². The third-order valence-electron chi connectivity index (χ3n) is 4.72. The number of carbonyl (C=O) groups excluding carboxylic acids is 1. The maximum atomic E-state index is 12.9. The van der Waals surface area contributed by atoms with Crippen molar-refractivity contribution in [1.29, 1.82) is 0 Å². The van der Waals surface area contributed by atoms with Gasteiger partial charge in [-0.15, -0.1) is 0 Å². The number of amides is 1. The minimum absolute atomic E-state index is 0.0284. The highest BCUT2D eigenvalue weighted by molar-refractivity contribution is 7.89. The van der Waals surface area contributed by atoms with Crippen LogP contribution in [0.2, 0.25) is 0 Å². The van der Waals surface area contributed by atoms with Crippen molar-refractivity contribution in [2.24, 2.45) is 0 Å². The summed E-state index contributed by atoms with van der Waals surface area (Å²) in [7, 11) is -2.00. The van der Waals surface area contributed by atoms with Gasteiger partial charge in [-0.1, -0.05) is 6.07 Å². The molecule has 3 rings (SSSR count). The van der Waals surface area contributed by atoms with Crippen LogP contribution >= 0.6 is 0 Å². The number of aromatic nitrogens is 1. The molecule has 2 aromatic rings. The summed E-state index contributed by atoms with van der Waals surface area (Å²) in [5.41, 5.74) is 2.56. The first-order chi connectivity index (χ1) is 12.3. The molecule has 138 valence electrons. The van der Waals surface area contributed by atoms with E-state index in [0.29, 0.717) is 19.4 Å². The number of hydrogen-bond acceptors (Lipinski definition) is 4. The summed E-state index contributed by atoms with van der Waals surface area (Å²) in [5, 5.41) is 0. The molecule has 0 aliphatic carbocycles. The average molecular weight is 373 g/mol. The van der Waals surface area contributed by atoms with E-state index in [1.165, 1.54) is 11.2 Å². The molecule has 1 aromatic heterocycles. The first-order valence-electron chi connectivity index (χ1n) is 8.59. The van der Waals surface area contributed by atoms with E-state index in [0.717, 1.165) is 16.9 Å². The predicted molar refractivity (Wildman–Crippen MR) is 101 cm³/mol. The van der Waals surface area contributed by atoms with Crippen molar-refractivity contribution in [3.05, 3.63) is 53.9 Å². The van der Waals surface area contributed by atoms with Crippen molar-refractivity contribution in [3.8, 4) is 0 Å². The molecule has 1 atom stereocenters. The Balaban J connectivity index is 1.80. The Kier molecular flexibility index (Phi) is 5.11. The zero-order valence-electron chi connectivity index (χ0n) is 15.2. The number of nitrogens with zero attached hydrogens (tertiary/aromatic N) is 3. The Labute approximate surface area is 154 Å². The van der Waals surface area contributed by atoms with Crippen molar-refractivity contribution >= 4 is 21.6 Å². The molecular formula is C19H23N3O3S. The molecule has 1 aliphatic rings. The standard InChI is InChI=1S/C19H23N3O3S/c1-14-12-16-13-18(7-8-19(16)22(14)15(2)23)26(24,25)21(3)11-9-17-6-4-5-10-20-17/h4-8,10,13-14H,9,11-12H2,1-3H3. The number of carbonyl (C=O) groups is 1. The summed E-state index contributed by atoms with van der Waals surface area (Å²) >= 11 is 0. The molecule has 0 N–H and O–H groups in total. The zero-order valence-corrected chi connectivity index (χ0v) is 16.0. The summed E-state index contributed by atoms with van der Waals surface area (Å²) in [6, 6.07) is 10.7. The first-order valence-corrected chi connectivity index (χ1v) is 10.0. The molecule has 0 saturated heterocycles. The minimum atomic E-state index is -3.58. The Hall–Kier alpha value is -2.25. The third kappa shape index (κ3) is 3.50. The van der Waals surface area contributed by atoms with Crippen molar-refractivity contribution in [2.45, 2.75) is 37.6 Å². The van der Waals surface area contributed by atoms with Gasteiger partial charge in [-0.25, -0.2) is 12.7 Å². The summed E-state index contributed by atoms with van der Waals surface area (Å²) in [6.07, 6.45) is 2.92. The van der Waals surface area contributed by atoms with Gasteiger partial charge < -0.3 is 4.90 Å². The van der Waals surface area contributed by atoms with E-state index in [1.807, 2.05) is 25.1 Å². The molecule has 1 aliphatic heterocycles. The average Bonchev–Trinajstić information content (AvgIpc) is 2.95. The van der Waals surface area contributed by atoms with Crippen molar-refractivity contribution in [3.63, 3.8) is 0 Å². The third-order valence-corrected chi connectivity index (χ3v) is 6.58. The van der Waals surface area contributed by atoms with Gasteiger partial charge in [0, 0.05) is 50.6 Å². The minimum Gasteiger partial charge on any atom is -0.309 e. The van der Waals surface area contributed by atoms with Crippen LogP contribution in [-0.2, 0) is 27.7 Å². The molecule has 26 heavy (non-hydrogen) atoms. The molecule has 2 heterocycles. The van der Waals surface area contributed by atoms with Crippen LogP contribution in [-0.4, -0.2) is 43.2 Å². The highest BCUT2D eigenvalue weighted by Crippen LogP contribution is 2.34. The van der Waals surface area contributed by atoms with E-state index in [9.17, 15) is 13.2 Å². The number of sulfonamides is 1. The molecule has 1 amide bonds. The highest BCUT2D eigenvalue weighted by Gasteiger charge is 2.31. The molecule has 1 aromatic carbocycles. The molecule has 0 fully saturated rings. The van der Waals surface area contributed by atoms with Gasteiger partial charge >= 0.3 is 0 Å². The normalized spacial score (nSPS) is 16.8. The Morgan fingerprint density at radius 3 is 2.73 bits per heavy atom. The van der Waals surface area contributed by atoms with Gasteiger partial charge in [0.25, 0.3) is 0 Å². The lowest BCUT2D eigenvalue weighted by molar-refractivity contribution is -0.116. The predicted octanol–water partition coefficient (Wildman–Crippen LogP) is 2.24. The van der Waals surface area contributed by atoms with Crippen molar-refractivity contribution in [2.75, 3.05) is 18.5 Å². The zero-order chi connectivity index (χ0) is 18.9. The molecule has 0 bridgehead atoms. The number of anilines is 1. The van der Waals surface area contributed by atoms with E-state index < -0.39 is 10.0 Å². The summed E-state index contributed by atoms with van der Waals surface area (Å²) in [4.78, 5) is 18.0. The van der Waals surface area contributed by atoms with Crippen LogP contribution in [0.15, 0.2) is 47.5 Å². The SMILES string of the molecule is CC(=O)N1c2ccc(S(=O)(=O)N(C)CCc3ccccn3)cc2CC1C. The van der Waals surface area contributed by atoms with Gasteiger partial charge in [-0.3, -0.25) is 9.78 Å². The monoisotopic (exact) mass is 373 g/mol. The molecule has 0 radical (unpaired) electrons. The second kappa shape index (κ2) is 7.17. The van der Waals surface area contributed by atoms with E-state index in [1.54, 1.807) is 36.3 Å². The summed E-state index contributed by atoms with van der Waals surface area (Å²) in [6.45, 7) is 3.85. The largest absolute Gasteiger partial charge is 0.309 e. The molecule has 6 nitrogen and oxygen atoms in total. The lowest BCUT2D eigenvalue weighted by atomic mass is 10.1. The summed E-state index contributed by atoms with van der Waals surface area (Å²) in [5.74, 6) is -0.0284. The van der Waals surface area contributed by atoms with Crippen LogP contribution < -0.4 is 4.90 Å². The van der Waals surface area contributed by atoms with Crippen LogP contribution in [0.5, 0.6) is 0 Å². The van der Waals surface area contributed by atoms with Gasteiger partial charge in [-0.2, -0.15) is 0 Å². The fourth-order valence-electron chi connectivity index (χ4n) is 3.37. The summed E-state index contributed by atoms with van der Waals surface area (Å²) < 4.78 is 27.1. The van der Waals surface area contributed by atoms with Crippen molar-refractivity contribution in [1.82, 2.24) is 9.29 Å². The Bertz CT molecular complexity index is 913. The maximum absolute atomic E-state index is 12.9. The smallest absolute Gasteiger partial charge is 0.242 e. The van der Waals surface area contributed by atoms with E-state index in [-0.39, 0.29) is 16.8 Å². The van der Waals surface area contributed by atoms with Gasteiger partial charge in [0.05, 0.1) is 4.90 Å². The number of likely N-dealkylation sites (N-methyl/N-ethyl adjacent to an activating group) is 1. The second-order valence-electron chi connectivity index (χ2n) is 6.63. The molecule has 0 spiro atoms. The Morgan fingerprint density at radius 2 is 2.08 bits per heavy atom. The molecule has 0 saturated carbocycles. The lowest BCUT2D eigenvalue weighted by Gasteiger charge is -2.21. The quantitative estimate of drug-likeness (QED) is 0.806. The fraction of sp³-hybridized carbons (Fsp3) is 0.368. The van der Waals surface area contributed by atoms with Gasteiger partial charge in [0.1, 0.15) is 0 Å². The van der Waals surface area contributed by atoms with Crippen LogP contribution in [0.1, 0.15) is 25.1 Å². The van der Waals surface area contributed by atoms with Gasteiger partial charge in [0.2, 0.25) is 15.9 Å². The van der Waals surface area contributed by atoms with Crippen LogP contribution in [0.25, 0.3) is 0 Å². The second-order valence-corrected chi connectivity index (χ2v) is 8.68. The number of hydrogen-bond donors (Lipinski definition) is 0. The van der Waals surface area contributed by atoms with E-state index >= 15 is 0 Å². The fourth-order valence-corrected chi connectivity index (χ4v) is 4.59. The molecule has 1 unspecified atom stereocenters. The van der Waals surface area contributed by atoms with Crippen LogP contribution in [0, 0.1) is 0 Å². The lowest BCUT2D eigenvalue weighted by Crippen LogP contribution is -2.33. The molecule has 7 heteroatoms. The van der Waals surface area contributed by atoms with Crippen LogP contribution in [0.4, 0.5) is 5.69 Å². The van der Waals surface area contributed by atoms with Gasteiger partial charge in [-0.05, 0) is 49.2 Å². The van der Waals surface area contributed by atoms with E-state index in [4.69, 9.17) is 0 Å². The van der Waals surface area contributed by atoms with Gasteiger partial charge in [0.15, 0.2) is 0 Å². The number of benzene rings is 1. The maximum Gasteiger partial charge on any atom is 0.242 e. The topological polar surface area (TPSA) is 70.6 Å².